The topological polar surface area (TPSA) is 76.5 Å². The number of carbonyl (C=O) groups is 2. The van der Waals surface area contributed by atoms with Gasteiger partial charge in [0.25, 0.3) is 11.8 Å². The average molecular weight is 411 g/mol. The molecule has 8 heteroatoms. The van der Waals surface area contributed by atoms with Crippen molar-refractivity contribution in [2.45, 2.75) is 13.1 Å². The summed E-state index contributed by atoms with van der Waals surface area (Å²) in [5.74, 6) is 0.183. The van der Waals surface area contributed by atoms with Crippen molar-refractivity contribution in [3.05, 3.63) is 76.6 Å². The number of anilines is 1. The van der Waals surface area contributed by atoms with Gasteiger partial charge in [0.15, 0.2) is 5.69 Å². The maximum Gasteiger partial charge on any atom is 0.276 e. The van der Waals surface area contributed by atoms with Crippen LogP contribution in [0.15, 0.2) is 54.6 Å². The van der Waals surface area contributed by atoms with Gasteiger partial charge >= 0.3 is 0 Å². The predicted molar refractivity (Wildman–Crippen MR) is 109 cm³/mol. The molecule has 2 heterocycles. The molecule has 1 N–H and O–H groups in total. The number of nitrogens with one attached hydrogen (secondary N) is 1. The SMILES string of the molecule is COc1ccc(NC(=O)c2cc3n(n2)CCN(Cc2ccc(Cl)cc2)C3=O)cc1. The fraction of sp³-hybridized carbons (Fsp3) is 0.190. The Labute approximate surface area is 172 Å². The molecule has 2 amide bonds. The van der Waals surface area contributed by atoms with Gasteiger partial charge in [-0.3, -0.25) is 14.3 Å². The molecule has 0 fully saturated rings. The van der Waals surface area contributed by atoms with Crippen LogP contribution in [0.2, 0.25) is 5.02 Å². The van der Waals surface area contributed by atoms with Crippen LogP contribution in [-0.2, 0) is 13.1 Å². The molecule has 0 aliphatic carbocycles. The van der Waals surface area contributed by atoms with Crippen molar-refractivity contribution >= 4 is 29.1 Å². The number of nitrogens with zero attached hydrogens (tertiary/aromatic N) is 3. The maximum atomic E-state index is 12.8. The summed E-state index contributed by atoms with van der Waals surface area (Å²) < 4.78 is 6.69. The number of benzene rings is 2. The molecule has 0 unspecified atom stereocenters. The minimum atomic E-state index is -0.367. The van der Waals surface area contributed by atoms with Crippen LogP contribution in [0, 0.1) is 0 Å². The van der Waals surface area contributed by atoms with E-state index >= 15 is 0 Å². The number of ether oxygens (including phenoxy) is 1. The first kappa shape index (κ1) is 19.0. The van der Waals surface area contributed by atoms with E-state index in [-0.39, 0.29) is 17.5 Å². The van der Waals surface area contributed by atoms with Gasteiger partial charge in [-0.25, -0.2) is 0 Å². The summed E-state index contributed by atoms with van der Waals surface area (Å²) in [6.07, 6.45) is 0. The fourth-order valence-electron chi connectivity index (χ4n) is 3.18. The summed E-state index contributed by atoms with van der Waals surface area (Å²) in [5, 5.41) is 7.74. The zero-order valence-corrected chi connectivity index (χ0v) is 16.5. The van der Waals surface area contributed by atoms with E-state index in [1.54, 1.807) is 53.1 Å². The first-order valence-electron chi connectivity index (χ1n) is 9.10. The lowest BCUT2D eigenvalue weighted by Crippen LogP contribution is -2.39. The van der Waals surface area contributed by atoms with E-state index in [4.69, 9.17) is 16.3 Å². The summed E-state index contributed by atoms with van der Waals surface area (Å²) in [6, 6.07) is 15.9. The zero-order chi connectivity index (χ0) is 20.4. The third-order valence-corrected chi connectivity index (χ3v) is 4.99. The predicted octanol–water partition coefficient (Wildman–Crippen LogP) is 3.45. The molecule has 29 heavy (non-hydrogen) atoms. The van der Waals surface area contributed by atoms with Crippen molar-refractivity contribution in [1.82, 2.24) is 14.7 Å². The van der Waals surface area contributed by atoms with E-state index in [1.165, 1.54) is 6.07 Å². The second-order valence-corrected chi connectivity index (χ2v) is 7.11. The second-order valence-electron chi connectivity index (χ2n) is 6.67. The normalized spacial score (nSPS) is 13.2. The van der Waals surface area contributed by atoms with E-state index in [2.05, 4.69) is 10.4 Å². The molecule has 1 aromatic heterocycles. The number of aromatic nitrogens is 2. The van der Waals surface area contributed by atoms with Crippen LogP contribution in [0.4, 0.5) is 5.69 Å². The van der Waals surface area contributed by atoms with Gasteiger partial charge in [-0.2, -0.15) is 5.10 Å². The zero-order valence-electron chi connectivity index (χ0n) is 15.8. The van der Waals surface area contributed by atoms with Crippen molar-refractivity contribution in [2.24, 2.45) is 0 Å². The molecule has 1 aliphatic heterocycles. The highest BCUT2D eigenvalue weighted by molar-refractivity contribution is 6.30. The van der Waals surface area contributed by atoms with Gasteiger partial charge in [0.2, 0.25) is 0 Å². The van der Waals surface area contributed by atoms with Crippen molar-refractivity contribution in [3.63, 3.8) is 0 Å². The van der Waals surface area contributed by atoms with Gasteiger partial charge in [0.1, 0.15) is 11.4 Å². The molecule has 0 radical (unpaired) electrons. The van der Waals surface area contributed by atoms with Crippen LogP contribution in [0.1, 0.15) is 26.5 Å². The van der Waals surface area contributed by atoms with E-state index in [9.17, 15) is 9.59 Å². The number of methoxy groups -OCH3 is 1. The van der Waals surface area contributed by atoms with Crippen LogP contribution in [0.3, 0.4) is 0 Å². The molecule has 0 bridgehead atoms. The van der Waals surface area contributed by atoms with Gasteiger partial charge in [-0.15, -0.1) is 0 Å². The summed E-state index contributed by atoms with van der Waals surface area (Å²) in [5.41, 5.74) is 2.23. The highest BCUT2D eigenvalue weighted by Gasteiger charge is 2.28. The Balaban J connectivity index is 1.47. The molecule has 4 rings (SSSR count). The second kappa shape index (κ2) is 7.97. The fourth-order valence-corrected chi connectivity index (χ4v) is 3.31. The minimum absolute atomic E-state index is 0.151. The first-order chi connectivity index (χ1) is 14.0. The van der Waals surface area contributed by atoms with E-state index < -0.39 is 0 Å². The van der Waals surface area contributed by atoms with Crippen LogP contribution in [-0.4, -0.2) is 40.1 Å². The molecule has 2 aromatic carbocycles. The summed E-state index contributed by atoms with van der Waals surface area (Å²) in [4.78, 5) is 27.1. The molecule has 7 nitrogen and oxygen atoms in total. The lowest BCUT2D eigenvalue weighted by molar-refractivity contribution is 0.0683. The van der Waals surface area contributed by atoms with E-state index in [1.807, 2.05) is 12.1 Å². The third-order valence-electron chi connectivity index (χ3n) is 4.74. The Bertz CT molecular complexity index is 1040. The highest BCUT2D eigenvalue weighted by Crippen LogP contribution is 2.19. The van der Waals surface area contributed by atoms with Crippen LogP contribution >= 0.6 is 11.6 Å². The maximum absolute atomic E-state index is 12.8. The molecule has 0 saturated heterocycles. The average Bonchev–Trinajstić information content (AvgIpc) is 3.18. The van der Waals surface area contributed by atoms with Gasteiger partial charge in [-0.05, 0) is 42.0 Å². The van der Waals surface area contributed by atoms with Crippen LogP contribution in [0.25, 0.3) is 0 Å². The van der Waals surface area contributed by atoms with Gasteiger partial charge < -0.3 is 15.0 Å². The standard InChI is InChI=1S/C21H19ClN4O3/c1-29-17-8-6-16(7-9-17)23-20(27)18-12-19-21(28)25(10-11-26(19)24-18)13-14-2-4-15(22)5-3-14/h2-9,12H,10-11,13H2,1H3,(H,23,27). The van der Waals surface area contributed by atoms with Crippen molar-refractivity contribution in [1.29, 1.82) is 0 Å². The lowest BCUT2D eigenvalue weighted by atomic mass is 10.2. The molecule has 0 atom stereocenters. The van der Waals surface area contributed by atoms with Gasteiger partial charge in [0.05, 0.1) is 13.7 Å². The largest absolute Gasteiger partial charge is 0.497 e. The monoisotopic (exact) mass is 410 g/mol. The van der Waals surface area contributed by atoms with E-state index in [0.29, 0.717) is 41.8 Å². The number of hydrogen-bond donors (Lipinski definition) is 1. The van der Waals surface area contributed by atoms with Gasteiger partial charge in [-0.1, -0.05) is 23.7 Å². The number of rotatable bonds is 5. The van der Waals surface area contributed by atoms with E-state index in [0.717, 1.165) is 5.56 Å². The number of amides is 2. The molecule has 0 spiro atoms. The minimum Gasteiger partial charge on any atom is -0.497 e. The lowest BCUT2D eigenvalue weighted by Gasteiger charge is -2.27. The Hall–Kier alpha value is -3.32. The summed E-state index contributed by atoms with van der Waals surface area (Å²) >= 11 is 5.92. The highest BCUT2D eigenvalue weighted by atomic mass is 35.5. The van der Waals surface area contributed by atoms with Gasteiger partial charge in [0, 0.05) is 29.9 Å². The van der Waals surface area contributed by atoms with Crippen molar-refractivity contribution < 1.29 is 14.3 Å². The third kappa shape index (κ3) is 4.09. The van der Waals surface area contributed by atoms with Crippen molar-refractivity contribution in [2.75, 3.05) is 19.0 Å². The first-order valence-corrected chi connectivity index (χ1v) is 9.48. The summed E-state index contributed by atoms with van der Waals surface area (Å²) in [6.45, 7) is 1.54. The number of fused-ring (bicyclic) bond motifs is 1. The molecular weight excluding hydrogens is 392 g/mol. The number of halogens is 1. The molecule has 148 valence electrons. The molecule has 1 aliphatic rings. The Morgan fingerprint density at radius 3 is 2.55 bits per heavy atom. The molecule has 0 saturated carbocycles. The molecule has 3 aromatic rings. The summed E-state index contributed by atoms with van der Waals surface area (Å²) in [7, 11) is 1.58. The Kier molecular flexibility index (Phi) is 5.22. The molecular formula is C21H19ClN4O3. The Morgan fingerprint density at radius 1 is 1.14 bits per heavy atom. The Morgan fingerprint density at radius 2 is 1.86 bits per heavy atom. The van der Waals surface area contributed by atoms with Crippen LogP contribution in [0.5, 0.6) is 5.75 Å². The quantitative estimate of drug-likeness (QED) is 0.698. The number of hydrogen-bond acceptors (Lipinski definition) is 4. The number of carbonyl (C=O) groups excluding carboxylic acids is 2. The smallest absolute Gasteiger partial charge is 0.276 e. The van der Waals surface area contributed by atoms with Crippen LogP contribution < -0.4 is 10.1 Å². The van der Waals surface area contributed by atoms with Crippen molar-refractivity contribution in [3.8, 4) is 5.75 Å².